The van der Waals surface area contributed by atoms with Crippen LogP contribution in [0.4, 0.5) is 5.69 Å². The SMILES string of the molecule is O=C(CSc1ccc([N+](=O)[O-])cc1)N/N=C\c1cccn1-c1ccc(O)cc1. The molecule has 28 heavy (non-hydrogen) atoms. The fourth-order valence-corrected chi connectivity index (χ4v) is 3.05. The molecule has 1 amide bonds. The van der Waals surface area contributed by atoms with Crippen LogP contribution in [-0.4, -0.2) is 32.5 Å². The van der Waals surface area contributed by atoms with Crippen LogP contribution in [0.3, 0.4) is 0 Å². The molecule has 9 heteroatoms. The molecule has 0 aliphatic rings. The van der Waals surface area contributed by atoms with Crippen LogP contribution in [0.1, 0.15) is 5.69 Å². The van der Waals surface area contributed by atoms with Gasteiger partial charge in [0.05, 0.1) is 22.6 Å². The third-order valence-electron chi connectivity index (χ3n) is 3.71. The third-order valence-corrected chi connectivity index (χ3v) is 4.72. The first-order chi connectivity index (χ1) is 13.5. The molecular formula is C19H16N4O4S. The fraction of sp³-hybridized carbons (Fsp3) is 0.0526. The normalized spacial score (nSPS) is 10.9. The van der Waals surface area contributed by atoms with E-state index in [1.165, 1.54) is 30.1 Å². The lowest BCUT2D eigenvalue weighted by Gasteiger charge is -2.06. The lowest BCUT2D eigenvalue weighted by Crippen LogP contribution is -2.19. The van der Waals surface area contributed by atoms with Gasteiger partial charge in [-0.25, -0.2) is 5.43 Å². The van der Waals surface area contributed by atoms with Crippen LogP contribution in [-0.2, 0) is 4.79 Å². The largest absolute Gasteiger partial charge is 0.508 e. The van der Waals surface area contributed by atoms with Gasteiger partial charge in [0.1, 0.15) is 5.75 Å². The first-order valence-electron chi connectivity index (χ1n) is 8.19. The summed E-state index contributed by atoms with van der Waals surface area (Å²) in [6.07, 6.45) is 3.38. The minimum atomic E-state index is -0.468. The minimum Gasteiger partial charge on any atom is -0.508 e. The van der Waals surface area contributed by atoms with Crippen molar-refractivity contribution in [2.45, 2.75) is 4.90 Å². The summed E-state index contributed by atoms with van der Waals surface area (Å²) in [6, 6.07) is 16.4. The topological polar surface area (TPSA) is 110 Å². The van der Waals surface area contributed by atoms with E-state index in [1.54, 1.807) is 36.4 Å². The molecule has 0 unspecified atom stereocenters. The van der Waals surface area contributed by atoms with Gasteiger partial charge in [-0.15, -0.1) is 11.8 Å². The third kappa shape index (κ3) is 4.98. The van der Waals surface area contributed by atoms with Crippen LogP contribution < -0.4 is 5.43 Å². The number of aromatic hydroxyl groups is 1. The Morgan fingerprint density at radius 3 is 2.57 bits per heavy atom. The maximum absolute atomic E-state index is 11.9. The summed E-state index contributed by atoms with van der Waals surface area (Å²) < 4.78 is 1.86. The lowest BCUT2D eigenvalue weighted by molar-refractivity contribution is -0.384. The van der Waals surface area contributed by atoms with Gasteiger partial charge in [0.15, 0.2) is 0 Å². The number of amides is 1. The van der Waals surface area contributed by atoms with Crippen LogP contribution >= 0.6 is 11.8 Å². The quantitative estimate of drug-likeness (QED) is 0.275. The van der Waals surface area contributed by atoms with Crippen LogP contribution in [0.15, 0.2) is 76.9 Å². The van der Waals surface area contributed by atoms with E-state index in [-0.39, 0.29) is 23.1 Å². The molecule has 0 saturated heterocycles. The molecule has 3 aromatic rings. The minimum absolute atomic E-state index is 0.00929. The number of nitrogens with one attached hydrogen (secondary N) is 1. The van der Waals surface area contributed by atoms with Gasteiger partial charge in [-0.05, 0) is 48.5 Å². The van der Waals surface area contributed by atoms with E-state index in [0.717, 1.165) is 16.3 Å². The van der Waals surface area contributed by atoms with Crippen molar-refractivity contribution in [3.63, 3.8) is 0 Å². The summed E-state index contributed by atoms with van der Waals surface area (Å²) >= 11 is 1.26. The summed E-state index contributed by atoms with van der Waals surface area (Å²) in [7, 11) is 0. The van der Waals surface area contributed by atoms with Gasteiger partial charge in [0, 0.05) is 28.9 Å². The Hall–Kier alpha value is -3.59. The molecule has 0 bridgehead atoms. The van der Waals surface area contributed by atoms with Gasteiger partial charge in [0.25, 0.3) is 5.69 Å². The molecule has 0 atom stereocenters. The zero-order valence-corrected chi connectivity index (χ0v) is 15.4. The van der Waals surface area contributed by atoms with Gasteiger partial charge >= 0.3 is 0 Å². The second-order valence-electron chi connectivity index (χ2n) is 5.65. The molecule has 0 fully saturated rings. The van der Waals surface area contributed by atoms with Gasteiger partial charge in [-0.3, -0.25) is 14.9 Å². The Kier molecular flexibility index (Phi) is 6.07. The van der Waals surface area contributed by atoms with E-state index in [2.05, 4.69) is 10.5 Å². The number of hydrogen-bond donors (Lipinski definition) is 2. The van der Waals surface area contributed by atoms with Crippen molar-refractivity contribution < 1.29 is 14.8 Å². The summed E-state index contributed by atoms with van der Waals surface area (Å²) in [6.45, 7) is 0. The number of phenolic OH excluding ortho intramolecular Hbond substituents is 1. The molecule has 0 saturated carbocycles. The molecule has 0 spiro atoms. The smallest absolute Gasteiger partial charge is 0.269 e. The zero-order valence-electron chi connectivity index (χ0n) is 14.6. The van der Waals surface area contributed by atoms with E-state index in [1.807, 2.05) is 22.9 Å². The van der Waals surface area contributed by atoms with Crippen molar-refractivity contribution in [1.29, 1.82) is 0 Å². The highest BCUT2D eigenvalue weighted by molar-refractivity contribution is 8.00. The van der Waals surface area contributed by atoms with E-state index >= 15 is 0 Å². The number of nitro groups is 1. The average Bonchev–Trinajstić information content (AvgIpc) is 3.16. The molecule has 2 N–H and O–H groups in total. The number of hydrazone groups is 1. The molecule has 3 rings (SSSR count). The van der Waals surface area contributed by atoms with E-state index in [9.17, 15) is 20.0 Å². The second kappa shape index (κ2) is 8.87. The zero-order chi connectivity index (χ0) is 19.9. The summed E-state index contributed by atoms with van der Waals surface area (Å²) in [5.74, 6) is 0.0277. The predicted molar refractivity (Wildman–Crippen MR) is 107 cm³/mol. The number of aromatic nitrogens is 1. The molecular weight excluding hydrogens is 380 g/mol. The van der Waals surface area contributed by atoms with Crippen LogP contribution in [0.2, 0.25) is 0 Å². The summed E-state index contributed by atoms with van der Waals surface area (Å²) in [4.78, 5) is 22.8. The molecule has 1 aromatic heterocycles. The number of rotatable bonds is 7. The maximum Gasteiger partial charge on any atom is 0.269 e. The first kappa shape index (κ1) is 19.2. The number of non-ortho nitro benzene ring substituents is 1. The molecule has 8 nitrogen and oxygen atoms in total. The first-order valence-corrected chi connectivity index (χ1v) is 9.17. The van der Waals surface area contributed by atoms with Crippen molar-refractivity contribution in [3.05, 3.63) is 82.7 Å². The van der Waals surface area contributed by atoms with Gasteiger partial charge < -0.3 is 9.67 Å². The number of nitrogens with zero attached hydrogens (tertiary/aromatic N) is 3. The van der Waals surface area contributed by atoms with Crippen molar-refractivity contribution in [2.75, 3.05) is 5.75 Å². The number of carbonyl (C=O) groups excluding carboxylic acids is 1. The van der Waals surface area contributed by atoms with Crippen molar-refractivity contribution in [3.8, 4) is 11.4 Å². The van der Waals surface area contributed by atoms with Gasteiger partial charge in [0.2, 0.25) is 5.91 Å². The van der Waals surface area contributed by atoms with E-state index < -0.39 is 4.92 Å². The van der Waals surface area contributed by atoms with Crippen LogP contribution in [0, 0.1) is 10.1 Å². The average molecular weight is 396 g/mol. The molecule has 142 valence electrons. The maximum atomic E-state index is 11.9. The Balaban J connectivity index is 1.53. The van der Waals surface area contributed by atoms with Crippen LogP contribution in [0.25, 0.3) is 5.69 Å². The second-order valence-corrected chi connectivity index (χ2v) is 6.70. The Labute approximate surface area is 164 Å². The summed E-state index contributed by atoms with van der Waals surface area (Å²) in [5, 5.41) is 24.0. The van der Waals surface area contributed by atoms with Crippen molar-refractivity contribution >= 4 is 29.6 Å². The monoisotopic (exact) mass is 396 g/mol. The molecule has 0 aliphatic carbocycles. The predicted octanol–water partition coefficient (Wildman–Crippen LogP) is 3.33. The number of nitro benzene ring substituents is 1. The van der Waals surface area contributed by atoms with Crippen molar-refractivity contribution in [2.24, 2.45) is 5.10 Å². The number of carbonyl (C=O) groups is 1. The van der Waals surface area contributed by atoms with Crippen molar-refractivity contribution in [1.82, 2.24) is 9.99 Å². The number of thioether (sulfide) groups is 1. The van der Waals surface area contributed by atoms with Gasteiger partial charge in [-0.2, -0.15) is 5.10 Å². The molecule has 1 heterocycles. The highest BCUT2D eigenvalue weighted by Crippen LogP contribution is 2.21. The molecule has 0 aliphatic heterocycles. The van der Waals surface area contributed by atoms with Gasteiger partial charge in [-0.1, -0.05) is 0 Å². The van der Waals surface area contributed by atoms with Crippen LogP contribution in [0.5, 0.6) is 5.75 Å². The fourth-order valence-electron chi connectivity index (χ4n) is 2.36. The Bertz CT molecular complexity index is 998. The Morgan fingerprint density at radius 1 is 1.18 bits per heavy atom. The molecule has 0 radical (unpaired) electrons. The number of hydrogen-bond acceptors (Lipinski definition) is 6. The lowest BCUT2D eigenvalue weighted by atomic mass is 10.3. The number of benzene rings is 2. The highest BCUT2D eigenvalue weighted by Gasteiger charge is 2.06. The summed E-state index contributed by atoms with van der Waals surface area (Å²) in [5.41, 5.74) is 4.08. The highest BCUT2D eigenvalue weighted by atomic mass is 32.2. The Morgan fingerprint density at radius 2 is 1.89 bits per heavy atom. The van der Waals surface area contributed by atoms with E-state index in [4.69, 9.17) is 0 Å². The molecule has 2 aromatic carbocycles. The number of phenols is 1. The van der Waals surface area contributed by atoms with E-state index in [0.29, 0.717) is 0 Å². The standard InChI is InChI=1S/C19H16N4O4S/c24-17-7-3-14(4-8-17)22-11-1-2-16(22)12-20-21-19(25)13-28-18-9-5-15(6-10-18)23(26)27/h1-12,24H,13H2,(H,21,25)/b20-12-.